The van der Waals surface area contributed by atoms with Crippen LogP contribution in [-0.4, -0.2) is 29.7 Å². The summed E-state index contributed by atoms with van der Waals surface area (Å²) in [4.78, 5) is 23.4. The third-order valence-corrected chi connectivity index (χ3v) is 3.20. The van der Waals surface area contributed by atoms with E-state index in [4.69, 9.17) is 5.11 Å². The van der Waals surface area contributed by atoms with E-state index in [-0.39, 0.29) is 24.0 Å². The molecule has 0 aromatic heterocycles. The predicted octanol–water partition coefficient (Wildman–Crippen LogP) is 2.05. The van der Waals surface area contributed by atoms with E-state index in [1.807, 2.05) is 6.07 Å². The van der Waals surface area contributed by atoms with Crippen LogP contribution in [0, 0.1) is 0 Å². The molecule has 0 atom stereocenters. The van der Waals surface area contributed by atoms with Crippen LogP contribution in [0.5, 0.6) is 5.75 Å². The lowest BCUT2D eigenvalue weighted by Gasteiger charge is -2.04. The molecule has 2 aromatic rings. The Kier molecular flexibility index (Phi) is 6.52. The molecular weight excluding hydrogens is 306 g/mol. The molecule has 3 N–H and O–H groups in total. The van der Waals surface area contributed by atoms with Crippen molar-refractivity contribution in [2.75, 3.05) is 6.54 Å². The number of carbonyl (C=O) groups excluding carboxylic acids is 2. The molecule has 0 aliphatic rings. The van der Waals surface area contributed by atoms with Crippen LogP contribution in [0.2, 0.25) is 0 Å². The molecule has 0 heterocycles. The Morgan fingerprint density at radius 2 is 1.75 bits per heavy atom. The molecule has 124 valence electrons. The molecule has 2 amide bonds. The first kappa shape index (κ1) is 17.2. The van der Waals surface area contributed by atoms with Gasteiger partial charge >= 0.3 is 0 Å². The van der Waals surface area contributed by atoms with Gasteiger partial charge in [0.2, 0.25) is 5.91 Å². The highest BCUT2D eigenvalue weighted by molar-refractivity contribution is 5.94. The molecule has 0 spiro atoms. The fourth-order valence-corrected chi connectivity index (χ4v) is 1.94. The lowest BCUT2D eigenvalue weighted by atomic mass is 10.2. The highest BCUT2D eigenvalue weighted by Crippen LogP contribution is 2.07. The highest BCUT2D eigenvalue weighted by atomic mass is 16.3. The van der Waals surface area contributed by atoms with Gasteiger partial charge in [-0.2, -0.15) is 5.10 Å². The molecule has 0 saturated carbocycles. The molecule has 0 aliphatic carbocycles. The summed E-state index contributed by atoms with van der Waals surface area (Å²) in [5.74, 6) is -0.200. The molecule has 0 aliphatic heterocycles. The minimum Gasteiger partial charge on any atom is -0.508 e. The van der Waals surface area contributed by atoms with Crippen molar-refractivity contribution in [3.63, 3.8) is 0 Å². The van der Waals surface area contributed by atoms with Gasteiger partial charge < -0.3 is 10.4 Å². The monoisotopic (exact) mass is 325 g/mol. The van der Waals surface area contributed by atoms with Crippen molar-refractivity contribution in [3.05, 3.63) is 65.7 Å². The molecule has 6 heteroatoms. The summed E-state index contributed by atoms with van der Waals surface area (Å²) in [6, 6.07) is 15.4. The van der Waals surface area contributed by atoms with Crippen LogP contribution in [0.15, 0.2) is 59.7 Å². The van der Waals surface area contributed by atoms with Crippen molar-refractivity contribution in [1.29, 1.82) is 0 Å². The predicted molar refractivity (Wildman–Crippen MR) is 91.9 cm³/mol. The third kappa shape index (κ3) is 5.92. The second-order valence-electron chi connectivity index (χ2n) is 5.11. The summed E-state index contributed by atoms with van der Waals surface area (Å²) >= 11 is 0. The van der Waals surface area contributed by atoms with Crippen LogP contribution in [-0.2, 0) is 4.79 Å². The largest absolute Gasteiger partial charge is 0.508 e. The van der Waals surface area contributed by atoms with Crippen molar-refractivity contribution in [3.8, 4) is 5.75 Å². The lowest BCUT2D eigenvalue weighted by Crippen LogP contribution is -2.26. The van der Waals surface area contributed by atoms with E-state index < -0.39 is 0 Å². The van der Waals surface area contributed by atoms with Crippen LogP contribution in [0.1, 0.15) is 28.8 Å². The minimum atomic E-state index is -0.223. The first-order chi connectivity index (χ1) is 11.6. The quantitative estimate of drug-likeness (QED) is 0.413. The summed E-state index contributed by atoms with van der Waals surface area (Å²) in [6.45, 7) is 0.419. The van der Waals surface area contributed by atoms with E-state index in [0.29, 0.717) is 18.5 Å². The fourth-order valence-electron chi connectivity index (χ4n) is 1.94. The SMILES string of the molecule is O=C(CCCNC(=O)c1ccccc1)N/N=C/c1ccc(O)cc1. The van der Waals surface area contributed by atoms with E-state index in [1.54, 1.807) is 48.5 Å². The molecule has 2 aromatic carbocycles. The Morgan fingerprint density at radius 3 is 2.46 bits per heavy atom. The maximum Gasteiger partial charge on any atom is 0.251 e. The van der Waals surface area contributed by atoms with Gasteiger partial charge in [-0.15, -0.1) is 0 Å². The second kappa shape index (κ2) is 9.09. The normalized spacial score (nSPS) is 10.5. The van der Waals surface area contributed by atoms with Gasteiger partial charge in [0.05, 0.1) is 6.21 Å². The Bertz CT molecular complexity index is 697. The zero-order valence-electron chi connectivity index (χ0n) is 13.1. The number of amides is 2. The number of phenols is 1. The number of aromatic hydroxyl groups is 1. The van der Waals surface area contributed by atoms with Crippen LogP contribution < -0.4 is 10.7 Å². The molecule has 0 unspecified atom stereocenters. The van der Waals surface area contributed by atoms with E-state index in [1.165, 1.54) is 6.21 Å². The molecule has 0 fully saturated rings. The van der Waals surface area contributed by atoms with E-state index in [2.05, 4.69) is 15.8 Å². The molecule has 2 rings (SSSR count). The van der Waals surface area contributed by atoms with Gasteiger partial charge in [-0.1, -0.05) is 18.2 Å². The molecule has 0 saturated heterocycles. The van der Waals surface area contributed by atoms with Crippen molar-refractivity contribution in [1.82, 2.24) is 10.7 Å². The van der Waals surface area contributed by atoms with Gasteiger partial charge in [0.15, 0.2) is 0 Å². The average Bonchev–Trinajstić information content (AvgIpc) is 2.61. The van der Waals surface area contributed by atoms with Crippen LogP contribution >= 0.6 is 0 Å². The minimum absolute atomic E-state index is 0.152. The molecule has 0 radical (unpaired) electrons. The summed E-state index contributed by atoms with van der Waals surface area (Å²) in [5.41, 5.74) is 3.79. The summed E-state index contributed by atoms with van der Waals surface area (Å²) in [6.07, 6.45) is 2.29. The Morgan fingerprint density at radius 1 is 1.04 bits per heavy atom. The Balaban J connectivity index is 1.63. The molecule has 24 heavy (non-hydrogen) atoms. The van der Waals surface area contributed by atoms with Gasteiger partial charge in [0.1, 0.15) is 5.75 Å². The first-order valence-electron chi connectivity index (χ1n) is 7.59. The van der Waals surface area contributed by atoms with Gasteiger partial charge in [-0.25, -0.2) is 5.43 Å². The van der Waals surface area contributed by atoms with Crippen molar-refractivity contribution < 1.29 is 14.7 Å². The number of hydrazone groups is 1. The van der Waals surface area contributed by atoms with E-state index in [0.717, 1.165) is 5.56 Å². The van der Waals surface area contributed by atoms with Crippen molar-refractivity contribution >= 4 is 18.0 Å². The number of hydrogen-bond acceptors (Lipinski definition) is 4. The maximum absolute atomic E-state index is 11.8. The third-order valence-electron chi connectivity index (χ3n) is 3.20. The zero-order chi connectivity index (χ0) is 17.2. The van der Waals surface area contributed by atoms with Crippen molar-refractivity contribution in [2.45, 2.75) is 12.8 Å². The Labute approximate surface area is 140 Å². The first-order valence-corrected chi connectivity index (χ1v) is 7.59. The summed E-state index contributed by atoms with van der Waals surface area (Å²) < 4.78 is 0. The summed E-state index contributed by atoms with van der Waals surface area (Å²) in [7, 11) is 0. The van der Waals surface area contributed by atoms with Crippen LogP contribution in [0.25, 0.3) is 0 Å². The van der Waals surface area contributed by atoms with Gasteiger partial charge in [0.25, 0.3) is 5.91 Å². The molecule has 0 bridgehead atoms. The number of benzene rings is 2. The van der Waals surface area contributed by atoms with E-state index in [9.17, 15) is 9.59 Å². The van der Waals surface area contributed by atoms with Gasteiger partial charge in [-0.05, 0) is 48.4 Å². The average molecular weight is 325 g/mol. The van der Waals surface area contributed by atoms with Gasteiger partial charge in [-0.3, -0.25) is 9.59 Å². The van der Waals surface area contributed by atoms with Crippen molar-refractivity contribution in [2.24, 2.45) is 5.10 Å². The maximum atomic E-state index is 11.8. The molecular formula is C18H19N3O3. The number of nitrogens with zero attached hydrogens (tertiary/aromatic N) is 1. The number of hydrogen-bond donors (Lipinski definition) is 3. The Hall–Kier alpha value is -3.15. The highest BCUT2D eigenvalue weighted by Gasteiger charge is 2.04. The number of rotatable bonds is 7. The second-order valence-corrected chi connectivity index (χ2v) is 5.11. The molecule has 6 nitrogen and oxygen atoms in total. The lowest BCUT2D eigenvalue weighted by molar-refractivity contribution is -0.121. The number of phenolic OH excluding ortho intramolecular Hbond substituents is 1. The zero-order valence-corrected chi connectivity index (χ0v) is 13.1. The number of nitrogens with one attached hydrogen (secondary N) is 2. The standard InChI is InChI=1S/C18H19N3O3/c22-16-10-8-14(9-11-16)13-20-21-17(23)7-4-12-19-18(24)15-5-2-1-3-6-15/h1-3,5-6,8-11,13,22H,4,7,12H2,(H,19,24)(H,21,23)/b20-13+. The van der Waals surface area contributed by atoms with Crippen LogP contribution in [0.4, 0.5) is 0 Å². The smallest absolute Gasteiger partial charge is 0.251 e. The number of carbonyl (C=O) groups is 2. The van der Waals surface area contributed by atoms with Gasteiger partial charge in [0, 0.05) is 18.5 Å². The fraction of sp³-hybridized carbons (Fsp3) is 0.167. The van der Waals surface area contributed by atoms with Crippen LogP contribution in [0.3, 0.4) is 0 Å². The van der Waals surface area contributed by atoms with E-state index >= 15 is 0 Å². The summed E-state index contributed by atoms with van der Waals surface area (Å²) in [5, 5.41) is 15.8. The topological polar surface area (TPSA) is 90.8 Å².